The largest absolute Gasteiger partial charge is 0.478 e. The molecule has 1 rings (SSSR count). The molecule has 1 unspecified atom stereocenters. The molecular formula is C11H15NO2. The second-order valence-electron chi connectivity index (χ2n) is 3.18. The average molecular weight is 193 g/mol. The predicted octanol–water partition coefficient (Wildman–Crippen LogP) is 2.06. The molecule has 0 radical (unpaired) electrons. The van der Waals surface area contributed by atoms with E-state index in [1.54, 1.807) is 18.2 Å². The maximum atomic E-state index is 10.7. The van der Waals surface area contributed by atoms with Gasteiger partial charge in [0.1, 0.15) is 0 Å². The number of hydrogen-bond donors (Lipinski definition) is 2. The molecule has 0 heterocycles. The minimum absolute atomic E-state index is 0.231. The number of rotatable bonds is 4. The molecule has 0 aliphatic rings. The van der Waals surface area contributed by atoms with Crippen molar-refractivity contribution in [2.45, 2.75) is 19.4 Å². The van der Waals surface area contributed by atoms with Gasteiger partial charge in [-0.1, -0.05) is 19.1 Å². The van der Waals surface area contributed by atoms with Crippen LogP contribution in [0.2, 0.25) is 0 Å². The predicted molar refractivity (Wildman–Crippen MR) is 55.5 cm³/mol. The van der Waals surface area contributed by atoms with E-state index in [0.717, 1.165) is 12.0 Å². The summed E-state index contributed by atoms with van der Waals surface area (Å²) in [5, 5.41) is 12.0. The van der Waals surface area contributed by atoms with Crippen LogP contribution in [0.15, 0.2) is 24.3 Å². The van der Waals surface area contributed by atoms with Crippen molar-refractivity contribution < 1.29 is 9.90 Å². The van der Waals surface area contributed by atoms with Gasteiger partial charge in [0, 0.05) is 6.04 Å². The summed E-state index contributed by atoms with van der Waals surface area (Å²) in [6.07, 6.45) is 0.944. The third-order valence-corrected chi connectivity index (χ3v) is 2.29. The Morgan fingerprint density at radius 3 is 2.79 bits per heavy atom. The van der Waals surface area contributed by atoms with Gasteiger partial charge >= 0.3 is 5.97 Å². The number of carboxylic acids is 1. The molecule has 0 aliphatic carbocycles. The first-order chi connectivity index (χ1) is 6.69. The fraction of sp³-hybridized carbons (Fsp3) is 0.364. The van der Waals surface area contributed by atoms with Crippen molar-refractivity contribution >= 4 is 5.97 Å². The van der Waals surface area contributed by atoms with Crippen LogP contribution in [0.4, 0.5) is 0 Å². The highest BCUT2D eigenvalue weighted by atomic mass is 16.4. The van der Waals surface area contributed by atoms with E-state index in [9.17, 15) is 4.79 Å². The van der Waals surface area contributed by atoms with Crippen LogP contribution in [-0.4, -0.2) is 18.1 Å². The number of nitrogens with one attached hydrogen (secondary N) is 1. The van der Waals surface area contributed by atoms with Crippen LogP contribution in [-0.2, 0) is 0 Å². The lowest BCUT2D eigenvalue weighted by molar-refractivity contribution is 0.0696. The average Bonchev–Trinajstić information content (AvgIpc) is 2.20. The number of carboxylic acid groups (broad SMARTS) is 1. The Hall–Kier alpha value is -1.35. The van der Waals surface area contributed by atoms with E-state index >= 15 is 0 Å². The van der Waals surface area contributed by atoms with Gasteiger partial charge in [-0.3, -0.25) is 0 Å². The summed E-state index contributed by atoms with van der Waals surface area (Å²) in [5.41, 5.74) is 1.37. The smallest absolute Gasteiger partial charge is 0.335 e. The van der Waals surface area contributed by atoms with Crippen LogP contribution in [0.3, 0.4) is 0 Å². The zero-order chi connectivity index (χ0) is 10.6. The molecule has 0 saturated heterocycles. The van der Waals surface area contributed by atoms with Crippen molar-refractivity contribution in [2.24, 2.45) is 0 Å². The van der Waals surface area contributed by atoms with Crippen molar-refractivity contribution in [3.8, 4) is 0 Å². The Bertz CT molecular complexity index is 319. The van der Waals surface area contributed by atoms with Gasteiger partial charge in [0.2, 0.25) is 0 Å². The molecule has 1 aromatic rings. The Morgan fingerprint density at radius 1 is 1.57 bits per heavy atom. The van der Waals surface area contributed by atoms with Gasteiger partial charge < -0.3 is 10.4 Å². The standard InChI is InChI=1S/C11H15NO2/c1-3-10(12-2)8-5-4-6-9(7-8)11(13)14/h4-7,10,12H,3H2,1-2H3,(H,13,14). The minimum atomic E-state index is -0.877. The van der Waals surface area contributed by atoms with Crippen LogP contribution in [0, 0.1) is 0 Å². The summed E-state index contributed by atoms with van der Waals surface area (Å²) in [6.45, 7) is 2.06. The van der Waals surface area contributed by atoms with Gasteiger partial charge in [0.25, 0.3) is 0 Å². The van der Waals surface area contributed by atoms with Gasteiger partial charge in [-0.15, -0.1) is 0 Å². The summed E-state index contributed by atoms with van der Waals surface area (Å²) in [5.74, 6) is -0.877. The van der Waals surface area contributed by atoms with Gasteiger partial charge in [-0.05, 0) is 31.2 Å². The van der Waals surface area contributed by atoms with Crippen LogP contribution in [0.25, 0.3) is 0 Å². The van der Waals surface area contributed by atoms with Gasteiger partial charge in [0.15, 0.2) is 0 Å². The van der Waals surface area contributed by atoms with E-state index in [2.05, 4.69) is 12.2 Å². The third-order valence-electron chi connectivity index (χ3n) is 2.29. The van der Waals surface area contributed by atoms with Crippen LogP contribution in [0.1, 0.15) is 35.3 Å². The van der Waals surface area contributed by atoms with E-state index in [-0.39, 0.29) is 6.04 Å². The highest BCUT2D eigenvalue weighted by molar-refractivity contribution is 5.87. The van der Waals surface area contributed by atoms with E-state index < -0.39 is 5.97 Å². The molecular weight excluding hydrogens is 178 g/mol. The van der Waals surface area contributed by atoms with E-state index in [4.69, 9.17) is 5.11 Å². The van der Waals surface area contributed by atoms with Crippen molar-refractivity contribution in [3.63, 3.8) is 0 Å². The number of aromatic carboxylic acids is 1. The number of carbonyl (C=O) groups is 1. The quantitative estimate of drug-likeness (QED) is 0.769. The van der Waals surface area contributed by atoms with E-state index in [1.165, 1.54) is 0 Å². The van der Waals surface area contributed by atoms with Gasteiger partial charge in [-0.2, -0.15) is 0 Å². The summed E-state index contributed by atoms with van der Waals surface area (Å²) < 4.78 is 0. The summed E-state index contributed by atoms with van der Waals surface area (Å²) in [6, 6.07) is 7.27. The van der Waals surface area contributed by atoms with E-state index in [1.807, 2.05) is 13.1 Å². The number of benzene rings is 1. The Balaban J connectivity index is 2.98. The second-order valence-corrected chi connectivity index (χ2v) is 3.18. The molecule has 0 aromatic heterocycles. The minimum Gasteiger partial charge on any atom is -0.478 e. The molecule has 3 heteroatoms. The summed E-state index contributed by atoms with van der Waals surface area (Å²) in [7, 11) is 1.88. The molecule has 2 N–H and O–H groups in total. The Labute approximate surface area is 83.8 Å². The zero-order valence-electron chi connectivity index (χ0n) is 8.45. The van der Waals surface area contributed by atoms with Gasteiger partial charge in [0.05, 0.1) is 5.56 Å². The molecule has 0 aliphatic heterocycles. The Morgan fingerprint density at radius 2 is 2.29 bits per heavy atom. The first kappa shape index (κ1) is 10.7. The van der Waals surface area contributed by atoms with Crippen molar-refractivity contribution in [2.75, 3.05) is 7.05 Å². The van der Waals surface area contributed by atoms with Crippen molar-refractivity contribution in [3.05, 3.63) is 35.4 Å². The molecule has 0 spiro atoms. The third kappa shape index (κ3) is 2.33. The molecule has 0 saturated carbocycles. The fourth-order valence-corrected chi connectivity index (χ4v) is 1.49. The van der Waals surface area contributed by atoms with Gasteiger partial charge in [-0.25, -0.2) is 4.79 Å². The molecule has 3 nitrogen and oxygen atoms in total. The summed E-state index contributed by atoms with van der Waals surface area (Å²) in [4.78, 5) is 10.7. The lowest BCUT2D eigenvalue weighted by Crippen LogP contribution is -2.15. The molecule has 0 amide bonds. The molecule has 1 aromatic carbocycles. The molecule has 1 atom stereocenters. The molecule has 0 bridgehead atoms. The first-order valence-corrected chi connectivity index (χ1v) is 4.69. The highest BCUT2D eigenvalue weighted by Crippen LogP contribution is 2.17. The van der Waals surface area contributed by atoms with Crippen LogP contribution in [0.5, 0.6) is 0 Å². The second kappa shape index (κ2) is 4.77. The fourth-order valence-electron chi connectivity index (χ4n) is 1.49. The normalized spacial score (nSPS) is 12.4. The Kier molecular flexibility index (Phi) is 3.65. The molecule has 76 valence electrons. The van der Waals surface area contributed by atoms with Crippen LogP contribution < -0.4 is 5.32 Å². The topological polar surface area (TPSA) is 49.3 Å². The zero-order valence-corrected chi connectivity index (χ0v) is 8.45. The highest BCUT2D eigenvalue weighted by Gasteiger charge is 2.09. The lowest BCUT2D eigenvalue weighted by Gasteiger charge is -2.14. The van der Waals surface area contributed by atoms with Crippen molar-refractivity contribution in [1.29, 1.82) is 0 Å². The monoisotopic (exact) mass is 193 g/mol. The summed E-state index contributed by atoms with van der Waals surface area (Å²) >= 11 is 0. The van der Waals surface area contributed by atoms with Crippen LogP contribution >= 0.6 is 0 Å². The maximum Gasteiger partial charge on any atom is 0.335 e. The van der Waals surface area contributed by atoms with E-state index in [0.29, 0.717) is 5.56 Å². The maximum absolute atomic E-state index is 10.7. The SMILES string of the molecule is CCC(NC)c1cccc(C(=O)O)c1. The van der Waals surface area contributed by atoms with Crippen molar-refractivity contribution in [1.82, 2.24) is 5.32 Å². The lowest BCUT2D eigenvalue weighted by atomic mass is 10.0. The molecule has 0 fully saturated rings. The first-order valence-electron chi connectivity index (χ1n) is 4.69. The molecule has 14 heavy (non-hydrogen) atoms. The number of hydrogen-bond acceptors (Lipinski definition) is 2.